The van der Waals surface area contributed by atoms with Crippen molar-refractivity contribution >= 4 is 17.7 Å². The third kappa shape index (κ3) is 41.3. The van der Waals surface area contributed by atoms with Crippen LogP contribution in [0.5, 0.6) is 0 Å². The number of rotatable bonds is 9. The number of benzene rings is 7. The number of aryl methyl sites for hydroxylation is 1. The second-order valence-electron chi connectivity index (χ2n) is 25.4. The number of hydrogen-bond acceptors (Lipinski definition) is 11. The molecule has 19 heteroatoms. The Hall–Kier alpha value is -9.36. The number of aliphatic carboxylic acids is 1. The number of carboxylic acids is 2. The van der Waals surface area contributed by atoms with Gasteiger partial charge in [-0.25, -0.2) is 9.78 Å². The van der Waals surface area contributed by atoms with Gasteiger partial charge < -0.3 is 45.2 Å². The minimum Gasteiger partial charge on any atom is -0.512 e. The van der Waals surface area contributed by atoms with Crippen molar-refractivity contribution in [2.24, 2.45) is 0 Å². The quantitative estimate of drug-likeness (QED) is 0.0700. The summed E-state index contributed by atoms with van der Waals surface area (Å²) in [5.74, 6) is -1.89. The number of carbonyl (C=O) groups is 3. The van der Waals surface area contributed by atoms with Crippen molar-refractivity contribution in [3.63, 3.8) is 0 Å². The van der Waals surface area contributed by atoms with Gasteiger partial charge in [0, 0.05) is 177 Å². The Morgan fingerprint density at radius 1 is 0.319 bits per heavy atom. The van der Waals surface area contributed by atoms with Gasteiger partial charge in [0.25, 0.3) is 5.97 Å². The number of hydrogen-bond donors (Lipinski definition) is 3. The van der Waals surface area contributed by atoms with Gasteiger partial charge >= 0.3 is 5.97 Å². The van der Waals surface area contributed by atoms with E-state index in [1.165, 1.54) is 60.0 Å². The summed E-state index contributed by atoms with van der Waals surface area (Å²) in [4.78, 5) is 58.5. The van der Waals surface area contributed by atoms with Gasteiger partial charge in [-0.1, -0.05) is 152 Å². The van der Waals surface area contributed by atoms with Gasteiger partial charge in [0.05, 0.1) is 5.76 Å². The maximum Gasteiger partial charge on any atom is 0.354 e. The molecule has 0 spiro atoms. The molecule has 0 saturated carbocycles. The van der Waals surface area contributed by atoms with Crippen LogP contribution in [0.3, 0.4) is 0 Å². The van der Waals surface area contributed by atoms with E-state index in [0.29, 0.717) is 0 Å². The van der Waals surface area contributed by atoms with E-state index in [9.17, 15) is 9.59 Å². The average Bonchev–Trinajstić information content (AvgIpc) is 0.828. The number of aliphatic hydroxyl groups excluding tert-OH is 1. The Kier molecular flexibility index (Phi) is 52.9. The predicted molar refractivity (Wildman–Crippen MR) is 430 cm³/mol. The second kappa shape index (κ2) is 57.6. The zero-order chi connectivity index (χ0) is 77.1. The summed E-state index contributed by atoms with van der Waals surface area (Å²) in [7, 11) is 0. The summed E-state index contributed by atoms with van der Waals surface area (Å²) in [6.07, 6.45) is 13.5. The molecule has 594 valence electrons. The van der Waals surface area contributed by atoms with E-state index in [2.05, 4.69) is 193 Å². The Labute approximate surface area is 747 Å². The van der Waals surface area contributed by atoms with E-state index in [-0.39, 0.29) is 149 Å². The van der Waals surface area contributed by atoms with Gasteiger partial charge in [0.15, 0.2) is 5.78 Å². The van der Waals surface area contributed by atoms with Crippen molar-refractivity contribution in [2.45, 2.75) is 80.1 Å². The third-order valence-electron chi connectivity index (χ3n) is 14.6. The molecule has 0 unspecified atom stereocenters. The van der Waals surface area contributed by atoms with E-state index in [1.807, 2.05) is 194 Å². The predicted octanol–water partition coefficient (Wildman–Crippen LogP) is 21.8. The summed E-state index contributed by atoms with van der Waals surface area (Å²) in [5, 5.41) is 24.1. The fourth-order valence-corrected chi connectivity index (χ4v) is 9.23. The molecule has 0 aliphatic rings. The van der Waals surface area contributed by atoms with Crippen molar-refractivity contribution < 1.29 is 150 Å². The van der Waals surface area contributed by atoms with E-state index < -0.39 is 11.9 Å². The minimum absolute atomic E-state index is 0. The molecule has 0 aliphatic heterocycles. The first-order valence-corrected chi connectivity index (χ1v) is 34.3. The second-order valence-corrected chi connectivity index (χ2v) is 25.4. The first-order chi connectivity index (χ1) is 51.5. The molecule has 6 radical (unpaired) electrons. The number of aromatic nitrogens is 7. The molecular weight excluding hydrogens is 2480 g/mol. The monoisotopic (exact) mass is 2570 g/mol. The molecule has 14 aromatic rings. The summed E-state index contributed by atoms with van der Waals surface area (Å²) in [6, 6.07) is 110. The van der Waals surface area contributed by atoms with Crippen LogP contribution in [0.2, 0.25) is 0 Å². The zero-order valence-corrected chi connectivity index (χ0v) is 78.2. The molecule has 3 N–H and O–H groups in total. The van der Waals surface area contributed by atoms with E-state index >= 15 is 0 Å². The van der Waals surface area contributed by atoms with Gasteiger partial charge in [-0.3, -0.25) is 9.59 Å². The Morgan fingerprint density at radius 3 is 0.965 bits per heavy atom. The van der Waals surface area contributed by atoms with Gasteiger partial charge in [0.1, 0.15) is 5.69 Å². The molecule has 13 nitrogen and oxygen atoms in total. The van der Waals surface area contributed by atoms with Crippen LogP contribution in [0.15, 0.2) is 334 Å². The van der Waals surface area contributed by atoms with E-state index in [0.717, 1.165) is 74.5 Å². The first kappa shape index (κ1) is 104. The molecule has 113 heavy (non-hydrogen) atoms. The minimum atomic E-state index is -0.990. The van der Waals surface area contributed by atoms with Gasteiger partial charge in [-0.2, -0.15) is 0 Å². The Morgan fingerprint density at radius 2 is 0.673 bits per heavy atom. The molecule has 0 atom stereocenters. The summed E-state index contributed by atoms with van der Waals surface area (Å²) >= 11 is 0. The Balaban J connectivity index is 0.00000127. The zero-order valence-electron chi connectivity index (χ0n) is 63.9. The SMILES string of the molecule is CC(=O)C=C(C)O.CC(=O)O.CC(C)(C)c1c[c-]c(-c2ccccn2)cc1.CC(C)(C)c1ccnc(-c2[c-]ccc(-c3ccccc3)c2)c1.Cc1c[c-]c(-c2ccccn2)cc1.O=C(O)c1ccccn1.[Ir].[Ir].[Ir].[Ir].[Ir].[Ir].[c-]1ccccc1-c1ccccn1.[c-]1ccccc1-c1ccccn1.[c-]1ccccc1-c1ccccn1. The standard InChI is InChI=1S/C21H20N.C15H16N.C12H10N.3C11H8N.C6H5NO2.C5H8O2.C2H4O2.6Ir/c1-21(2,3)19-12-13-22-20(15-19)18-11-7-10-17(14-18)16-8-5-4-6-9-16;1-15(2,3)13-9-7-12(8-10-13)14-6-4-5-11-16-14;1-10-5-7-11(8-6-10)12-4-2-3-9-13-12;3*1-2-6-10(7-3-1)11-8-4-5-9-12-11;8-6(9)5-3-1-2-4-7-5;1-4(6)3-5(2)7;1-2(3)4;;;;;;/h4-10,12-15H,1-3H3;4-7,9-11H,1-3H3;2-7,9H,1H3;3*1-6,8-9H;1-4H,(H,8,9);3,6H,1-2H3;1H3,(H,3,4);;;;;;/q6*-1;;;;;;;;;. The van der Waals surface area contributed by atoms with Crippen LogP contribution in [-0.2, 0) is 141 Å². The van der Waals surface area contributed by atoms with Crippen LogP contribution in [0.4, 0.5) is 0 Å². The number of nitrogens with zero attached hydrogens (tertiary/aromatic N) is 7. The largest absolute Gasteiger partial charge is 0.512 e. The van der Waals surface area contributed by atoms with Crippen LogP contribution < -0.4 is 0 Å². The van der Waals surface area contributed by atoms with Crippen LogP contribution >= 0.6 is 0 Å². The van der Waals surface area contributed by atoms with E-state index in [1.54, 1.807) is 43.1 Å². The molecule has 7 aromatic heterocycles. The van der Waals surface area contributed by atoms with Gasteiger partial charge in [-0.05, 0) is 118 Å². The average molecular weight is 2560 g/mol. The van der Waals surface area contributed by atoms with E-state index in [4.69, 9.17) is 20.1 Å². The van der Waals surface area contributed by atoms with Crippen LogP contribution in [0.1, 0.15) is 89.5 Å². The number of pyridine rings is 7. The third-order valence-corrected chi connectivity index (χ3v) is 14.6. The number of aromatic carboxylic acids is 1. The summed E-state index contributed by atoms with van der Waals surface area (Å²) in [5.41, 5.74) is 18.7. The molecule has 14 rings (SSSR count). The van der Waals surface area contributed by atoms with Gasteiger partial charge in [-0.15, -0.1) is 214 Å². The molecule has 0 amide bonds. The molecule has 0 fully saturated rings. The number of ketones is 1. The van der Waals surface area contributed by atoms with Gasteiger partial charge in [0.2, 0.25) is 0 Å². The van der Waals surface area contributed by atoms with Crippen LogP contribution in [0, 0.1) is 43.3 Å². The maximum absolute atomic E-state index is 10.1. The molecule has 0 saturated heterocycles. The van der Waals surface area contributed by atoms with Crippen molar-refractivity contribution in [1.29, 1.82) is 0 Å². The fraction of sp³-hybridized carbons (Fsp3) is 0.128. The normalized spacial score (nSPS) is 9.70. The van der Waals surface area contributed by atoms with Crippen LogP contribution in [-0.4, -0.2) is 67.9 Å². The van der Waals surface area contributed by atoms with Crippen LogP contribution in [0.25, 0.3) is 78.7 Å². The topological polar surface area (TPSA) is 202 Å². The maximum atomic E-state index is 10.1. The van der Waals surface area contributed by atoms with Crippen molar-refractivity contribution in [2.75, 3.05) is 0 Å². The van der Waals surface area contributed by atoms with Crippen molar-refractivity contribution in [3.05, 3.63) is 393 Å². The molecule has 0 bridgehead atoms. The smallest absolute Gasteiger partial charge is 0.354 e. The van der Waals surface area contributed by atoms with Crippen molar-refractivity contribution in [1.82, 2.24) is 34.9 Å². The first-order valence-electron chi connectivity index (χ1n) is 34.3. The summed E-state index contributed by atoms with van der Waals surface area (Å²) in [6.45, 7) is 19.3. The molecule has 7 aromatic carbocycles. The molecule has 7 heterocycles. The fourth-order valence-electron chi connectivity index (χ4n) is 9.23. The Bertz CT molecular complexity index is 4560. The number of allylic oxidation sites excluding steroid dienone is 2. The number of aliphatic hydroxyl groups is 1. The number of carboxylic acid groups (broad SMARTS) is 2. The number of carbonyl (C=O) groups excluding carboxylic acids is 1. The molecule has 0 aliphatic carbocycles. The van der Waals surface area contributed by atoms with Crippen molar-refractivity contribution in [3.8, 4) is 78.7 Å². The summed E-state index contributed by atoms with van der Waals surface area (Å²) < 4.78 is 0. The molecular formula is C94H87Ir6N7O6-6.